The lowest BCUT2D eigenvalue weighted by atomic mass is 9.93. The van der Waals surface area contributed by atoms with Gasteiger partial charge in [-0.15, -0.1) is 10.2 Å². The van der Waals surface area contributed by atoms with Gasteiger partial charge in [-0.1, -0.05) is 12.8 Å². The summed E-state index contributed by atoms with van der Waals surface area (Å²) >= 11 is 0. The first kappa shape index (κ1) is 9.52. The Balaban J connectivity index is 2.40. The van der Waals surface area contributed by atoms with E-state index >= 15 is 0 Å². The van der Waals surface area contributed by atoms with Crippen LogP contribution < -0.4 is 5.73 Å². The van der Waals surface area contributed by atoms with Crippen LogP contribution in [0.25, 0.3) is 0 Å². The van der Waals surface area contributed by atoms with Crippen molar-refractivity contribution >= 4 is 0 Å². The molecule has 0 bridgehead atoms. The minimum atomic E-state index is -0.266. The first-order valence-electron chi connectivity index (χ1n) is 5.09. The number of rotatable bonds is 1. The molecule has 1 aromatic heterocycles. The van der Waals surface area contributed by atoms with Crippen molar-refractivity contribution in [3.8, 4) is 0 Å². The van der Waals surface area contributed by atoms with Crippen molar-refractivity contribution in [2.24, 2.45) is 5.73 Å². The van der Waals surface area contributed by atoms with Crippen LogP contribution in [0.4, 0.5) is 0 Å². The highest BCUT2D eigenvalue weighted by molar-refractivity contribution is 5.20. The zero-order chi connectivity index (χ0) is 10.2. The third-order valence-electron chi connectivity index (χ3n) is 2.93. The molecule has 1 aliphatic rings. The zero-order valence-corrected chi connectivity index (χ0v) is 8.75. The fourth-order valence-electron chi connectivity index (χ4n) is 2.22. The molecule has 4 nitrogen and oxygen atoms in total. The van der Waals surface area contributed by atoms with Gasteiger partial charge in [-0.25, -0.2) is 4.98 Å². The number of hydrogen-bond donors (Lipinski definition) is 1. The lowest BCUT2D eigenvalue weighted by molar-refractivity contribution is 0.434. The molecule has 1 aliphatic carbocycles. The largest absolute Gasteiger partial charge is 0.320 e. The highest BCUT2D eigenvalue weighted by Gasteiger charge is 2.34. The van der Waals surface area contributed by atoms with E-state index in [2.05, 4.69) is 15.2 Å². The summed E-state index contributed by atoms with van der Waals surface area (Å²) in [5.41, 5.74) is 7.84. The molecule has 0 amide bonds. The van der Waals surface area contributed by atoms with Gasteiger partial charge in [0.2, 0.25) is 0 Å². The van der Waals surface area contributed by atoms with Crippen molar-refractivity contribution in [1.82, 2.24) is 15.2 Å². The third kappa shape index (κ3) is 1.50. The Morgan fingerprint density at radius 2 is 1.79 bits per heavy atom. The van der Waals surface area contributed by atoms with E-state index in [1.165, 1.54) is 12.8 Å². The molecule has 1 aromatic rings. The maximum atomic E-state index is 6.29. The van der Waals surface area contributed by atoms with Gasteiger partial charge in [0.1, 0.15) is 11.5 Å². The highest BCUT2D eigenvalue weighted by atomic mass is 15.2. The van der Waals surface area contributed by atoms with Crippen LogP contribution in [0.1, 0.15) is 42.9 Å². The van der Waals surface area contributed by atoms with E-state index in [0.29, 0.717) is 5.82 Å². The lowest BCUT2D eigenvalue weighted by Crippen LogP contribution is -2.35. The number of aryl methyl sites for hydroxylation is 2. The van der Waals surface area contributed by atoms with Crippen LogP contribution in [-0.2, 0) is 5.54 Å². The molecule has 0 radical (unpaired) electrons. The number of nitrogens with two attached hydrogens (primary N) is 1. The monoisotopic (exact) mass is 192 g/mol. The second-order valence-electron chi connectivity index (χ2n) is 4.16. The highest BCUT2D eigenvalue weighted by Crippen LogP contribution is 2.35. The van der Waals surface area contributed by atoms with Gasteiger partial charge in [0, 0.05) is 0 Å². The fraction of sp³-hybridized carbons (Fsp3) is 0.700. The van der Waals surface area contributed by atoms with Crippen molar-refractivity contribution < 1.29 is 0 Å². The standard InChI is InChI=1S/C10H16N4/c1-7-9(14-13-8(2)12-7)10(11)5-3-4-6-10/h3-6,11H2,1-2H3. The van der Waals surface area contributed by atoms with Crippen LogP contribution >= 0.6 is 0 Å². The summed E-state index contributed by atoms with van der Waals surface area (Å²) in [4.78, 5) is 4.31. The molecule has 14 heavy (non-hydrogen) atoms. The molecule has 4 heteroatoms. The van der Waals surface area contributed by atoms with Crippen LogP contribution in [0.3, 0.4) is 0 Å². The summed E-state index contributed by atoms with van der Waals surface area (Å²) in [5.74, 6) is 0.716. The summed E-state index contributed by atoms with van der Waals surface area (Å²) < 4.78 is 0. The average Bonchev–Trinajstić information content (AvgIpc) is 2.52. The smallest absolute Gasteiger partial charge is 0.148 e. The predicted molar refractivity (Wildman–Crippen MR) is 53.6 cm³/mol. The Hall–Kier alpha value is -1.03. The molecule has 2 N–H and O–H groups in total. The normalized spacial score (nSPS) is 19.9. The molecule has 0 unspecified atom stereocenters. The van der Waals surface area contributed by atoms with Crippen LogP contribution in [0.15, 0.2) is 0 Å². The van der Waals surface area contributed by atoms with E-state index in [0.717, 1.165) is 24.2 Å². The van der Waals surface area contributed by atoms with Gasteiger partial charge >= 0.3 is 0 Å². The van der Waals surface area contributed by atoms with Crippen LogP contribution in [0.5, 0.6) is 0 Å². The number of aromatic nitrogens is 3. The van der Waals surface area contributed by atoms with E-state index in [-0.39, 0.29) is 5.54 Å². The molecule has 0 atom stereocenters. The SMILES string of the molecule is Cc1nnc(C2(N)CCCC2)c(C)n1. The first-order chi connectivity index (χ1) is 6.62. The van der Waals surface area contributed by atoms with E-state index in [4.69, 9.17) is 5.73 Å². The third-order valence-corrected chi connectivity index (χ3v) is 2.93. The predicted octanol–water partition coefficient (Wildman–Crippen LogP) is 1.22. The molecule has 76 valence electrons. The van der Waals surface area contributed by atoms with Crippen molar-refractivity contribution in [2.75, 3.05) is 0 Å². The molecule has 0 saturated heterocycles. The quantitative estimate of drug-likeness (QED) is 0.726. The first-order valence-corrected chi connectivity index (χ1v) is 5.09. The maximum Gasteiger partial charge on any atom is 0.148 e. The van der Waals surface area contributed by atoms with Gasteiger partial charge < -0.3 is 5.73 Å². The second kappa shape index (κ2) is 3.28. The van der Waals surface area contributed by atoms with E-state index in [9.17, 15) is 0 Å². The zero-order valence-electron chi connectivity index (χ0n) is 8.75. The molecule has 1 saturated carbocycles. The van der Waals surface area contributed by atoms with Crippen LogP contribution in [0.2, 0.25) is 0 Å². The van der Waals surface area contributed by atoms with E-state index in [1.54, 1.807) is 0 Å². The van der Waals surface area contributed by atoms with Gasteiger partial charge in [0.05, 0.1) is 11.2 Å². The molecule has 1 fully saturated rings. The van der Waals surface area contributed by atoms with Crippen molar-refractivity contribution in [3.63, 3.8) is 0 Å². The van der Waals surface area contributed by atoms with E-state index in [1.807, 2.05) is 13.8 Å². The Morgan fingerprint density at radius 3 is 2.36 bits per heavy atom. The van der Waals surface area contributed by atoms with Crippen molar-refractivity contribution in [2.45, 2.75) is 45.1 Å². The summed E-state index contributed by atoms with van der Waals surface area (Å²) in [5, 5.41) is 8.18. The maximum absolute atomic E-state index is 6.29. The van der Waals surface area contributed by atoms with Crippen molar-refractivity contribution in [1.29, 1.82) is 0 Å². The molecule has 1 heterocycles. The summed E-state index contributed by atoms with van der Waals surface area (Å²) in [6.45, 7) is 3.81. The van der Waals surface area contributed by atoms with Crippen LogP contribution in [0, 0.1) is 13.8 Å². The second-order valence-corrected chi connectivity index (χ2v) is 4.16. The summed E-state index contributed by atoms with van der Waals surface area (Å²) in [6, 6.07) is 0. The molecular weight excluding hydrogens is 176 g/mol. The van der Waals surface area contributed by atoms with Gasteiger partial charge in [0.15, 0.2) is 0 Å². The van der Waals surface area contributed by atoms with Crippen LogP contribution in [-0.4, -0.2) is 15.2 Å². The van der Waals surface area contributed by atoms with Gasteiger partial charge in [-0.2, -0.15) is 0 Å². The Labute approximate surface area is 83.9 Å². The molecular formula is C10H16N4. The number of hydrogen-bond acceptors (Lipinski definition) is 4. The van der Waals surface area contributed by atoms with Gasteiger partial charge in [-0.3, -0.25) is 0 Å². The Kier molecular flexibility index (Phi) is 2.23. The molecule has 0 aliphatic heterocycles. The van der Waals surface area contributed by atoms with Crippen molar-refractivity contribution in [3.05, 3.63) is 17.2 Å². The molecule has 0 spiro atoms. The van der Waals surface area contributed by atoms with Gasteiger partial charge in [0.25, 0.3) is 0 Å². The summed E-state index contributed by atoms with van der Waals surface area (Å²) in [7, 11) is 0. The molecule has 2 rings (SSSR count). The fourth-order valence-corrected chi connectivity index (χ4v) is 2.22. The average molecular weight is 192 g/mol. The number of nitrogens with zero attached hydrogens (tertiary/aromatic N) is 3. The minimum absolute atomic E-state index is 0.266. The lowest BCUT2D eigenvalue weighted by Gasteiger charge is -2.23. The summed E-state index contributed by atoms with van der Waals surface area (Å²) in [6.07, 6.45) is 4.39. The van der Waals surface area contributed by atoms with Gasteiger partial charge in [-0.05, 0) is 26.7 Å². The minimum Gasteiger partial charge on any atom is -0.320 e. The van der Waals surface area contributed by atoms with E-state index < -0.39 is 0 Å². The topological polar surface area (TPSA) is 64.7 Å². The molecule has 0 aromatic carbocycles. The Bertz CT molecular complexity index is 342. The Morgan fingerprint density at radius 1 is 1.14 bits per heavy atom.